The smallest absolute Gasteiger partial charge is 0.328 e. The highest BCUT2D eigenvalue weighted by atomic mass is 16.4. The summed E-state index contributed by atoms with van der Waals surface area (Å²) in [5.74, 6) is -1.23. The average Bonchev–Trinajstić information content (AvgIpc) is 2.35. The Labute approximate surface area is 106 Å². The molecule has 1 aliphatic heterocycles. The first kappa shape index (κ1) is 14.7. The van der Waals surface area contributed by atoms with Crippen molar-refractivity contribution in [1.82, 2.24) is 15.1 Å². The number of rotatable bonds is 4. The Morgan fingerprint density at radius 1 is 1.50 bits per heavy atom. The molecule has 0 saturated carbocycles. The molecule has 1 heterocycles. The number of nitrogens with one attached hydrogen (secondary N) is 1. The molecular formula is C11H21N3O4. The molecule has 0 aliphatic carbocycles. The monoisotopic (exact) mass is 259 g/mol. The van der Waals surface area contributed by atoms with E-state index in [1.807, 2.05) is 14.1 Å². The van der Waals surface area contributed by atoms with Gasteiger partial charge in [-0.25, -0.2) is 9.59 Å². The topological polar surface area (TPSA) is 93.1 Å². The highest BCUT2D eigenvalue weighted by Crippen LogP contribution is 2.13. The van der Waals surface area contributed by atoms with Crippen LogP contribution in [-0.4, -0.2) is 77.9 Å². The summed E-state index contributed by atoms with van der Waals surface area (Å²) in [4.78, 5) is 26.2. The van der Waals surface area contributed by atoms with E-state index in [-0.39, 0.29) is 0 Å². The molecule has 0 aromatic heterocycles. The molecule has 0 bridgehead atoms. The van der Waals surface area contributed by atoms with Gasteiger partial charge in [0, 0.05) is 19.1 Å². The summed E-state index contributed by atoms with van der Waals surface area (Å²) < 4.78 is 0. The Kier molecular flexibility index (Phi) is 5.36. The second kappa shape index (κ2) is 6.55. The molecular weight excluding hydrogens is 238 g/mol. The summed E-state index contributed by atoms with van der Waals surface area (Å²) in [7, 11) is 3.92. The maximum atomic E-state index is 11.9. The molecule has 3 N–H and O–H groups in total. The summed E-state index contributed by atoms with van der Waals surface area (Å²) in [6.07, 6.45) is 1.92. The lowest BCUT2D eigenvalue weighted by Crippen LogP contribution is -2.54. The zero-order valence-corrected chi connectivity index (χ0v) is 10.8. The van der Waals surface area contributed by atoms with Gasteiger partial charge in [0.1, 0.15) is 0 Å². The molecule has 7 heteroatoms. The van der Waals surface area contributed by atoms with E-state index in [9.17, 15) is 9.59 Å². The minimum absolute atomic E-state index is 0.293. The lowest BCUT2D eigenvalue weighted by Gasteiger charge is -2.36. The summed E-state index contributed by atoms with van der Waals surface area (Å²) in [6, 6.07) is -1.37. The van der Waals surface area contributed by atoms with Crippen molar-refractivity contribution in [2.75, 3.05) is 33.8 Å². The van der Waals surface area contributed by atoms with E-state index >= 15 is 0 Å². The van der Waals surface area contributed by atoms with E-state index in [2.05, 4.69) is 10.2 Å². The Bertz CT molecular complexity index is 309. The van der Waals surface area contributed by atoms with Gasteiger partial charge in [-0.05, 0) is 26.9 Å². The van der Waals surface area contributed by atoms with Crippen molar-refractivity contribution in [2.45, 2.75) is 24.9 Å². The number of likely N-dealkylation sites (tertiary alicyclic amines) is 1. The van der Waals surface area contributed by atoms with Crippen molar-refractivity contribution in [3.05, 3.63) is 0 Å². The van der Waals surface area contributed by atoms with Crippen LogP contribution in [0.15, 0.2) is 0 Å². The number of hydrogen-bond acceptors (Lipinski definition) is 4. The van der Waals surface area contributed by atoms with Crippen molar-refractivity contribution in [1.29, 1.82) is 0 Å². The number of carbonyl (C=O) groups excluding carboxylic acids is 1. The number of amides is 2. The first-order valence-electron chi connectivity index (χ1n) is 6.01. The molecule has 1 saturated heterocycles. The van der Waals surface area contributed by atoms with Crippen LogP contribution in [0.4, 0.5) is 4.79 Å². The van der Waals surface area contributed by atoms with Crippen LogP contribution in [0.2, 0.25) is 0 Å². The fraction of sp³-hybridized carbons (Fsp3) is 0.818. The standard InChI is InChI=1S/C11H21N3O4/c1-13(2)8-4-3-5-14(6-8)11(18)12-9(7-15)10(16)17/h8-9,15H,3-7H2,1-2H3,(H,12,18)(H,16,17)/t8?,9-/m0/s1. The fourth-order valence-corrected chi connectivity index (χ4v) is 1.99. The Hall–Kier alpha value is -1.34. The van der Waals surface area contributed by atoms with Crippen LogP contribution in [0.3, 0.4) is 0 Å². The third-order valence-electron chi connectivity index (χ3n) is 3.19. The highest BCUT2D eigenvalue weighted by molar-refractivity contribution is 5.82. The molecule has 0 aromatic rings. The molecule has 1 rings (SSSR count). The molecule has 1 aliphatic rings. The van der Waals surface area contributed by atoms with Crippen LogP contribution in [0.5, 0.6) is 0 Å². The average molecular weight is 259 g/mol. The van der Waals surface area contributed by atoms with Gasteiger partial charge in [0.2, 0.25) is 0 Å². The van der Waals surface area contributed by atoms with Crippen LogP contribution in [-0.2, 0) is 4.79 Å². The third-order valence-corrected chi connectivity index (χ3v) is 3.19. The number of carboxylic acids is 1. The van der Waals surface area contributed by atoms with Crippen LogP contribution in [0, 0.1) is 0 Å². The summed E-state index contributed by atoms with van der Waals surface area (Å²) in [6.45, 7) is 0.594. The molecule has 104 valence electrons. The SMILES string of the molecule is CN(C)C1CCCN(C(=O)N[C@@H](CO)C(=O)O)C1. The van der Waals surface area contributed by atoms with Gasteiger partial charge in [0.15, 0.2) is 6.04 Å². The van der Waals surface area contributed by atoms with Crippen molar-refractivity contribution in [3.63, 3.8) is 0 Å². The van der Waals surface area contributed by atoms with Gasteiger partial charge in [-0.15, -0.1) is 0 Å². The Balaban J connectivity index is 2.53. The van der Waals surface area contributed by atoms with Gasteiger partial charge in [-0.3, -0.25) is 0 Å². The quantitative estimate of drug-likeness (QED) is 0.612. The van der Waals surface area contributed by atoms with E-state index in [4.69, 9.17) is 10.2 Å². The minimum Gasteiger partial charge on any atom is -0.480 e. The maximum Gasteiger partial charge on any atom is 0.328 e. The zero-order valence-electron chi connectivity index (χ0n) is 10.8. The molecule has 1 fully saturated rings. The van der Waals surface area contributed by atoms with E-state index < -0.39 is 24.6 Å². The minimum atomic E-state index is -1.24. The predicted octanol–water partition coefficient (Wildman–Crippen LogP) is -0.832. The molecule has 0 radical (unpaired) electrons. The number of carbonyl (C=O) groups is 2. The van der Waals surface area contributed by atoms with Gasteiger partial charge in [0.05, 0.1) is 6.61 Å². The van der Waals surface area contributed by atoms with E-state index in [1.54, 1.807) is 4.90 Å². The van der Waals surface area contributed by atoms with Gasteiger partial charge in [-0.2, -0.15) is 0 Å². The Morgan fingerprint density at radius 3 is 2.67 bits per heavy atom. The normalized spacial score (nSPS) is 21.8. The van der Waals surface area contributed by atoms with Crippen molar-refractivity contribution in [3.8, 4) is 0 Å². The fourth-order valence-electron chi connectivity index (χ4n) is 1.99. The molecule has 2 atom stereocenters. The third kappa shape index (κ3) is 3.85. The van der Waals surface area contributed by atoms with Crippen molar-refractivity contribution >= 4 is 12.0 Å². The number of piperidine rings is 1. The second-order valence-electron chi connectivity index (χ2n) is 4.73. The molecule has 0 spiro atoms. The largest absolute Gasteiger partial charge is 0.480 e. The lowest BCUT2D eigenvalue weighted by atomic mass is 10.1. The number of carboxylic acid groups (broad SMARTS) is 1. The van der Waals surface area contributed by atoms with Crippen LogP contribution in [0.25, 0.3) is 0 Å². The van der Waals surface area contributed by atoms with E-state index in [0.29, 0.717) is 19.1 Å². The van der Waals surface area contributed by atoms with Gasteiger partial charge >= 0.3 is 12.0 Å². The van der Waals surface area contributed by atoms with Crippen LogP contribution >= 0.6 is 0 Å². The summed E-state index contributed by atoms with van der Waals surface area (Å²) in [5.41, 5.74) is 0. The van der Waals surface area contributed by atoms with Gasteiger partial charge < -0.3 is 25.3 Å². The summed E-state index contributed by atoms with van der Waals surface area (Å²) in [5, 5.41) is 19.9. The number of aliphatic hydroxyl groups is 1. The Morgan fingerprint density at radius 2 is 2.17 bits per heavy atom. The van der Waals surface area contributed by atoms with Gasteiger partial charge in [0.25, 0.3) is 0 Å². The summed E-state index contributed by atoms with van der Waals surface area (Å²) >= 11 is 0. The predicted molar refractivity (Wildman–Crippen MR) is 65.3 cm³/mol. The number of urea groups is 1. The molecule has 7 nitrogen and oxygen atoms in total. The number of aliphatic carboxylic acids is 1. The van der Waals surface area contributed by atoms with E-state index in [0.717, 1.165) is 12.8 Å². The molecule has 2 amide bonds. The first-order valence-corrected chi connectivity index (χ1v) is 6.01. The highest BCUT2D eigenvalue weighted by Gasteiger charge is 2.27. The molecule has 0 aromatic carbocycles. The molecule has 18 heavy (non-hydrogen) atoms. The first-order chi connectivity index (χ1) is 8.45. The van der Waals surface area contributed by atoms with Crippen molar-refractivity contribution < 1.29 is 19.8 Å². The van der Waals surface area contributed by atoms with Crippen LogP contribution < -0.4 is 5.32 Å². The second-order valence-corrected chi connectivity index (χ2v) is 4.73. The number of nitrogens with zero attached hydrogens (tertiary/aromatic N) is 2. The van der Waals surface area contributed by atoms with E-state index in [1.165, 1.54) is 0 Å². The molecule has 1 unspecified atom stereocenters. The van der Waals surface area contributed by atoms with Crippen LogP contribution in [0.1, 0.15) is 12.8 Å². The number of likely N-dealkylation sites (N-methyl/N-ethyl adjacent to an activating group) is 1. The number of aliphatic hydroxyl groups excluding tert-OH is 1. The lowest BCUT2D eigenvalue weighted by molar-refractivity contribution is -0.140. The van der Waals surface area contributed by atoms with Crippen molar-refractivity contribution in [2.24, 2.45) is 0 Å². The number of hydrogen-bond donors (Lipinski definition) is 3. The van der Waals surface area contributed by atoms with Gasteiger partial charge in [-0.1, -0.05) is 0 Å². The maximum absolute atomic E-state index is 11.9. The zero-order chi connectivity index (χ0) is 13.7.